The Hall–Kier alpha value is -1.76. The summed E-state index contributed by atoms with van der Waals surface area (Å²) in [5.74, 6) is 1.17. The van der Waals surface area contributed by atoms with Gasteiger partial charge in [0.05, 0.1) is 12.1 Å². The van der Waals surface area contributed by atoms with E-state index in [4.69, 9.17) is 0 Å². The zero-order chi connectivity index (χ0) is 17.5. The summed E-state index contributed by atoms with van der Waals surface area (Å²) >= 11 is 1.63. The van der Waals surface area contributed by atoms with Crippen molar-refractivity contribution in [2.75, 3.05) is 18.2 Å². The molecule has 0 radical (unpaired) electrons. The van der Waals surface area contributed by atoms with Crippen molar-refractivity contribution in [3.63, 3.8) is 0 Å². The van der Waals surface area contributed by atoms with E-state index in [9.17, 15) is 9.59 Å². The van der Waals surface area contributed by atoms with Crippen LogP contribution in [-0.4, -0.2) is 50.7 Å². The number of nitrogens with zero attached hydrogens (tertiary/aromatic N) is 3. The van der Waals surface area contributed by atoms with Crippen LogP contribution in [0.3, 0.4) is 0 Å². The Bertz CT molecular complexity index is 611. The fourth-order valence-electron chi connectivity index (χ4n) is 2.70. The lowest BCUT2D eigenvalue weighted by atomic mass is 10.1. The molecule has 0 saturated carbocycles. The fraction of sp³-hybridized carbons (Fsp3) is 0.588. The van der Waals surface area contributed by atoms with Gasteiger partial charge in [-0.1, -0.05) is 13.0 Å². The Morgan fingerprint density at radius 3 is 2.96 bits per heavy atom. The molecule has 24 heavy (non-hydrogen) atoms. The largest absolute Gasteiger partial charge is 0.354 e. The lowest BCUT2D eigenvalue weighted by molar-refractivity contribution is -0.135. The number of aryl methyl sites for hydroxylation is 2. The van der Waals surface area contributed by atoms with Crippen LogP contribution in [0.4, 0.5) is 0 Å². The monoisotopic (exact) mass is 350 g/mol. The van der Waals surface area contributed by atoms with E-state index < -0.39 is 0 Å². The minimum absolute atomic E-state index is 0.0302. The Labute approximate surface area is 147 Å². The lowest BCUT2D eigenvalue weighted by Crippen LogP contribution is -2.47. The van der Waals surface area contributed by atoms with Gasteiger partial charge in [-0.15, -0.1) is 11.8 Å². The molecule has 1 aromatic rings. The minimum Gasteiger partial charge on any atom is -0.354 e. The lowest BCUT2D eigenvalue weighted by Gasteiger charge is -2.23. The van der Waals surface area contributed by atoms with Gasteiger partial charge in [0.15, 0.2) is 0 Å². The van der Waals surface area contributed by atoms with E-state index >= 15 is 0 Å². The summed E-state index contributed by atoms with van der Waals surface area (Å²) in [6, 6.07) is -0.360. The first-order chi connectivity index (χ1) is 11.5. The predicted molar refractivity (Wildman–Crippen MR) is 96.5 cm³/mol. The van der Waals surface area contributed by atoms with Crippen molar-refractivity contribution < 1.29 is 9.59 Å². The van der Waals surface area contributed by atoms with E-state index in [1.807, 2.05) is 39.4 Å². The van der Waals surface area contributed by atoms with E-state index in [1.54, 1.807) is 21.3 Å². The highest BCUT2D eigenvalue weighted by Crippen LogP contribution is 2.23. The van der Waals surface area contributed by atoms with Gasteiger partial charge in [-0.3, -0.25) is 14.3 Å². The maximum atomic E-state index is 12.4. The van der Waals surface area contributed by atoms with E-state index in [-0.39, 0.29) is 17.9 Å². The third kappa shape index (κ3) is 4.87. The summed E-state index contributed by atoms with van der Waals surface area (Å²) in [5.41, 5.74) is 1.88. The number of carbonyl (C=O) groups excluding carboxylic acids is 2. The van der Waals surface area contributed by atoms with Gasteiger partial charge < -0.3 is 10.2 Å². The van der Waals surface area contributed by atoms with E-state index in [2.05, 4.69) is 10.4 Å². The highest BCUT2D eigenvalue weighted by molar-refractivity contribution is 7.99. The zero-order valence-electron chi connectivity index (χ0n) is 14.6. The van der Waals surface area contributed by atoms with Crippen LogP contribution in [0.5, 0.6) is 0 Å². The average Bonchev–Trinajstić information content (AvgIpc) is 3.19. The SMILES string of the molecule is CCC=C(C)C(=O)N1CSCC1C(=O)NCCCc1cnn(C)c1. The molecule has 7 heteroatoms. The van der Waals surface area contributed by atoms with E-state index in [0.29, 0.717) is 18.2 Å². The third-order valence-electron chi connectivity index (χ3n) is 3.99. The number of hydrogen-bond donors (Lipinski definition) is 1. The van der Waals surface area contributed by atoms with Crippen LogP contribution < -0.4 is 5.32 Å². The van der Waals surface area contributed by atoms with Crippen molar-refractivity contribution in [3.05, 3.63) is 29.6 Å². The van der Waals surface area contributed by atoms with Gasteiger partial charge in [0.2, 0.25) is 5.91 Å². The molecule has 1 unspecified atom stereocenters. The van der Waals surface area contributed by atoms with Gasteiger partial charge >= 0.3 is 0 Å². The maximum Gasteiger partial charge on any atom is 0.250 e. The van der Waals surface area contributed by atoms with Gasteiger partial charge in [-0.2, -0.15) is 5.10 Å². The van der Waals surface area contributed by atoms with Gasteiger partial charge in [0.1, 0.15) is 6.04 Å². The molecule has 0 aromatic carbocycles. The van der Waals surface area contributed by atoms with Gasteiger partial charge in [0, 0.05) is 31.1 Å². The summed E-state index contributed by atoms with van der Waals surface area (Å²) in [5, 5.41) is 7.10. The van der Waals surface area contributed by atoms with Crippen molar-refractivity contribution in [1.29, 1.82) is 0 Å². The van der Waals surface area contributed by atoms with Crippen molar-refractivity contribution >= 4 is 23.6 Å². The molecule has 1 N–H and O–H groups in total. The maximum absolute atomic E-state index is 12.4. The smallest absolute Gasteiger partial charge is 0.250 e. The molecule has 1 aromatic heterocycles. The number of nitrogens with one attached hydrogen (secondary N) is 1. The summed E-state index contributed by atoms with van der Waals surface area (Å²) in [7, 11) is 1.89. The fourth-order valence-corrected chi connectivity index (χ4v) is 3.86. The molecular weight excluding hydrogens is 324 g/mol. The summed E-state index contributed by atoms with van der Waals surface area (Å²) in [6.07, 6.45) is 8.31. The molecule has 1 fully saturated rings. The standard InChI is InChI=1S/C17H26N4O2S/c1-4-6-13(2)17(23)21-12-24-11-15(21)16(22)18-8-5-7-14-9-19-20(3)10-14/h6,9-10,15H,4-5,7-8,11-12H2,1-3H3,(H,18,22). The van der Waals surface area contributed by atoms with Crippen LogP contribution in [0.15, 0.2) is 24.0 Å². The van der Waals surface area contributed by atoms with Crippen molar-refractivity contribution in [2.24, 2.45) is 7.05 Å². The second-order valence-electron chi connectivity index (χ2n) is 6.00. The summed E-state index contributed by atoms with van der Waals surface area (Å²) in [6.45, 7) is 4.43. The quantitative estimate of drug-likeness (QED) is 0.601. The molecule has 132 valence electrons. The second kappa shape index (κ2) is 8.92. The third-order valence-corrected chi connectivity index (χ3v) is 5.01. The molecular formula is C17H26N4O2S. The van der Waals surface area contributed by atoms with Crippen LogP contribution >= 0.6 is 11.8 Å². The average molecular weight is 350 g/mol. The molecule has 0 bridgehead atoms. The second-order valence-corrected chi connectivity index (χ2v) is 7.00. The molecule has 2 amide bonds. The number of carbonyl (C=O) groups is 2. The number of thioether (sulfide) groups is 1. The Morgan fingerprint density at radius 2 is 2.29 bits per heavy atom. The topological polar surface area (TPSA) is 67.2 Å². The van der Waals surface area contributed by atoms with Crippen molar-refractivity contribution in [2.45, 2.75) is 39.2 Å². The van der Waals surface area contributed by atoms with Gasteiger partial charge in [0.25, 0.3) is 5.91 Å². The first-order valence-corrected chi connectivity index (χ1v) is 9.49. The van der Waals surface area contributed by atoms with Gasteiger partial charge in [-0.25, -0.2) is 0 Å². The van der Waals surface area contributed by atoms with Crippen LogP contribution in [0.2, 0.25) is 0 Å². The van der Waals surface area contributed by atoms with Crippen molar-refractivity contribution in [3.8, 4) is 0 Å². The number of hydrogen-bond acceptors (Lipinski definition) is 4. The molecule has 2 rings (SSSR count). The van der Waals surface area contributed by atoms with Crippen molar-refractivity contribution in [1.82, 2.24) is 20.0 Å². The van der Waals surface area contributed by atoms with Crippen LogP contribution in [0, 0.1) is 0 Å². The van der Waals surface area contributed by atoms with E-state index in [0.717, 1.165) is 24.8 Å². The predicted octanol–water partition coefficient (Wildman–Crippen LogP) is 1.73. The first kappa shape index (κ1) is 18.6. The molecule has 1 aliphatic rings. The van der Waals surface area contributed by atoms with Crippen LogP contribution in [-0.2, 0) is 23.1 Å². The number of aromatic nitrogens is 2. The molecule has 0 aliphatic carbocycles. The Kier molecular flexibility index (Phi) is 6.90. The molecule has 1 saturated heterocycles. The summed E-state index contributed by atoms with van der Waals surface area (Å²) in [4.78, 5) is 26.5. The Balaban J connectivity index is 1.80. The number of allylic oxidation sites excluding steroid dienone is 1. The minimum atomic E-state index is -0.360. The number of rotatable bonds is 7. The van der Waals surface area contributed by atoms with Crippen LogP contribution in [0.25, 0.3) is 0 Å². The highest BCUT2D eigenvalue weighted by Gasteiger charge is 2.34. The molecule has 2 heterocycles. The molecule has 6 nitrogen and oxygen atoms in total. The van der Waals surface area contributed by atoms with Crippen LogP contribution in [0.1, 0.15) is 32.3 Å². The molecule has 1 atom stereocenters. The van der Waals surface area contributed by atoms with E-state index in [1.165, 1.54) is 5.56 Å². The first-order valence-electron chi connectivity index (χ1n) is 8.33. The summed E-state index contributed by atoms with van der Waals surface area (Å²) < 4.78 is 1.78. The normalized spacial score (nSPS) is 18.0. The Morgan fingerprint density at radius 1 is 1.50 bits per heavy atom. The van der Waals surface area contributed by atoms with Gasteiger partial charge in [-0.05, 0) is 31.7 Å². The zero-order valence-corrected chi connectivity index (χ0v) is 15.4. The molecule has 1 aliphatic heterocycles. The highest BCUT2D eigenvalue weighted by atomic mass is 32.2. The molecule has 0 spiro atoms. The number of amides is 2.